The van der Waals surface area contributed by atoms with Gasteiger partial charge in [-0.1, -0.05) is 6.92 Å². The van der Waals surface area contributed by atoms with E-state index >= 15 is 0 Å². The molecule has 2 atom stereocenters. The molecule has 0 bridgehead atoms. The van der Waals surface area contributed by atoms with E-state index in [0.717, 1.165) is 45.6 Å². The van der Waals surface area contributed by atoms with Crippen molar-refractivity contribution in [2.45, 2.75) is 57.2 Å². The van der Waals surface area contributed by atoms with Gasteiger partial charge in [0.15, 0.2) is 0 Å². The Bertz CT molecular complexity index is 308. The lowest BCUT2D eigenvalue weighted by Gasteiger charge is -2.54. The monoisotopic (exact) mass is 269 g/mol. The predicted molar refractivity (Wildman–Crippen MR) is 79.3 cm³/mol. The zero-order chi connectivity index (χ0) is 14.1. The van der Waals surface area contributed by atoms with Crippen LogP contribution in [0.2, 0.25) is 0 Å². The van der Waals surface area contributed by atoms with Crippen molar-refractivity contribution in [2.75, 3.05) is 39.8 Å². The normalized spacial score (nSPS) is 37.4. The van der Waals surface area contributed by atoms with Gasteiger partial charge in [0.2, 0.25) is 0 Å². The van der Waals surface area contributed by atoms with Crippen molar-refractivity contribution in [2.24, 2.45) is 5.73 Å². The Labute approximate surface area is 118 Å². The first kappa shape index (κ1) is 15.2. The highest BCUT2D eigenvalue weighted by atomic mass is 16.5. The molecular weight excluding hydrogens is 238 g/mol. The third-order valence-corrected chi connectivity index (χ3v) is 5.11. The first-order valence-electron chi connectivity index (χ1n) is 7.72. The quantitative estimate of drug-likeness (QED) is 0.838. The van der Waals surface area contributed by atoms with E-state index in [2.05, 4.69) is 37.6 Å². The van der Waals surface area contributed by atoms with Gasteiger partial charge in [-0.2, -0.15) is 0 Å². The van der Waals surface area contributed by atoms with Crippen LogP contribution in [-0.2, 0) is 4.74 Å². The van der Waals surface area contributed by atoms with Crippen LogP contribution in [0.15, 0.2) is 0 Å². The van der Waals surface area contributed by atoms with E-state index in [1.54, 1.807) is 0 Å². The van der Waals surface area contributed by atoms with Crippen LogP contribution in [0.5, 0.6) is 0 Å². The molecule has 0 amide bonds. The predicted octanol–water partition coefficient (Wildman–Crippen LogP) is 1.30. The Kier molecular flexibility index (Phi) is 4.56. The largest absolute Gasteiger partial charge is 0.375 e. The highest BCUT2D eigenvalue weighted by molar-refractivity contribution is 5.01. The van der Waals surface area contributed by atoms with Crippen molar-refractivity contribution in [1.29, 1.82) is 0 Å². The summed E-state index contributed by atoms with van der Waals surface area (Å²) >= 11 is 0. The van der Waals surface area contributed by atoms with Gasteiger partial charge in [0.25, 0.3) is 0 Å². The number of likely N-dealkylation sites (N-methyl/N-ethyl adjacent to an activating group) is 1. The maximum Gasteiger partial charge on any atom is 0.0644 e. The van der Waals surface area contributed by atoms with Crippen LogP contribution in [0.25, 0.3) is 0 Å². The summed E-state index contributed by atoms with van der Waals surface area (Å²) in [5.41, 5.74) is 6.31. The number of nitrogens with two attached hydrogens (primary N) is 1. The number of piperazine rings is 1. The standard InChI is InChI=1S/C15H31N3O/c1-5-13-10-18(8-7-17(13)4)15(12-16)6-9-19-14(2,3)11-15/h13H,5-12,16H2,1-4H3. The van der Waals surface area contributed by atoms with E-state index in [-0.39, 0.29) is 11.1 Å². The molecule has 0 aromatic heterocycles. The van der Waals surface area contributed by atoms with Gasteiger partial charge in [0.1, 0.15) is 0 Å². The Morgan fingerprint density at radius 2 is 2.05 bits per heavy atom. The average molecular weight is 269 g/mol. The van der Waals surface area contributed by atoms with Gasteiger partial charge in [-0.25, -0.2) is 0 Å². The summed E-state index contributed by atoms with van der Waals surface area (Å²) in [6.07, 6.45) is 3.34. The van der Waals surface area contributed by atoms with Crippen molar-refractivity contribution in [3.05, 3.63) is 0 Å². The number of ether oxygens (including phenoxy) is 1. The second-order valence-corrected chi connectivity index (χ2v) is 6.95. The molecule has 4 heteroatoms. The summed E-state index contributed by atoms with van der Waals surface area (Å²) in [6.45, 7) is 11.7. The molecule has 0 radical (unpaired) electrons. The lowest BCUT2D eigenvalue weighted by atomic mass is 9.79. The van der Waals surface area contributed by atoms with Gasteiger partial charge in [-0.3, -0.25) is 4.90 Å². The van der Waals surface area contributed by atoms with Crippen molar-refractivity contribution < 1.29 is 4.74 Å². The van der Waals surface area contributed by atoms with E-state index in [4.69, 9.17) is 10.5 Å². The Balaban J connectivity index is 2.12. The molecule has 0 spiro atoms. The Hall–Kier alpha value is -0.160. The molecule has 19 heavy (non-hydrogen) atoms. The molecule has 2 unspecified atom stereocenters. The first-order chi connectivity index (χ1) is 8.92. The van der Waals surface area contributed by atoms with Crippen molar-refractivity contribution in [3.63, 3.8) is 0 Å². The zero-order valence-electron chi connectivity index (χ0n) is 13.1. The van der Waals surface area contributed by atoms with Crippen LogP contribution in [0.4, 0.5) is 0 Å². The topological polar surface area (TPSA) is 41.7 Å². The molecule has 2 rings (SSSR count). The summed E-state index contributed by atoms with van der Waals surface area (Å²) < 4.78 is 5.89. The number of hydrogen-bond acceptors (Lipinski definition) is 4. The fraction of sp³-hybridized carbons (Fsp3) is 1.00. The minimum atomic E-state index is -0.0390. The first-order valence-corrected chi connectivity index (χ1v) is 7.72. The van der Waals surface area contributed by atoms with Crippen LogP contribution in [-0.4, -0.2) is 66.8 Å². The second-order valence-electron chi connectivity index (χ2n) is 6.95. The van der Waals surface area contributed by atoms with Crippen LogP contribution in [0.3, 0.4) is 0 Å². The van der Waals surface area contributed by atoms with E-state index in [1.165, 1.54) is 6.42 Å². The molecule has 0 aliphatic carbocycles. The SMILES string of the molecule is CCC1CN(C2(CN)CCOC(C)(C)C2)CCN1C. The highest BCUT2D eigenvalue weighted by Gasteiger charge is 2.45. The molecule has 112 valence electrons. The maximum absolute atomic E-state index is 6.20. The lowest BCUT2D eigenvalue weighted by molar-refractivity contribution is -0.128. The van der Waals surface area contributed by atoms with Gasteiger partial charge in [0.05, 0.1) is 5.60 Å². The van der Waals surface area contributed by atoms with Crippen LogP contribution >= 0.6 is 0 Å². The Morgan fingerprint density at radius 1 is 1.32 bits per heavy atom. The van der Waals surface area contributed by atoms with Crippen molar-refractivity contribution >= 4 is 0 Å². The number of nitrogens with zero attached hydrogens (tertiary/aromatic N) is 2. The van der Waals surface area contributed by atoms with Crippen LogP contribution in [0.1, 0.15) is 40.0 Å². The smallest absolute Gasteiger partial charge is 0.0644 e. The molecule has 2 fully saturated rings. The fourth-order valence-corrected chi connectivity index (χ4v) is 3.84. The molecule has 2 N–H and O–H groups in total. The summed E-state index contributed by atoms with van der Waals surface area (Å²) in [6, 6.07) is 0.670. The molecule has 2 saturated heterocycles. The second kappa shape index (κ2) is 5.68. The molecule has 0 aromatic rings. The van der Waals surface area contributed by atoms with Gasteiger partial charge >= 0.3 is 0 Å². The van der Waals surface area contributed by atoms with Gasteiger partial charge in [0, 0.05) is 44.4 Å². The van der Waals surface area contributed by atoms with E-state index in [9.17, 15) is 0 Å². The summed E-state index contributed by atoms with van der Waals surface area (Å²) in [7, 11) is 2.24. The third kappa shape index (κ3) is 3.13. The number of hydrogen-bond donors (Lipinski definition) is 1. The number of rotatable bonds is 3. The molecule has 2 heterocycles. The molecule has 0 aromatic carbocycles. The van der Waals surface area contributed by atoms with Crippen molar-refractivity contribution in [1.82, 2.24) is 9.80 Å². The fourth-order valence-electron chi connectivity index (χ4n) is 3.84. The third-order valence-electron chi connectivity index (χ3n) is 5.11. The molecule has 2 aliphatic heterocycles. The Morgan fingerprint density at radius 3 is 2.63 bits per heavy atom. The minimum Gasteiger partial charge on any atom is -0.375 e. The molecule has 0 saturated carbocycles. The highest BCUT2D eigenvalue weighted by Crippen LogP contribution is 2.37. The van der Waals surface area contributed by atoms with E-state index < -0.39 is 0 Å². The molecule has 2 aliphatic rings. The van der Waals surface area contributed by atoms with E-state index in [1.807, 2.05) is 0 Å². The lowest BCUT2D eigenvalue weighted by Crippen LogP contribution is -2.66. The zero-order valence-corrected chi connectivity index (χ0v) is 13.1. The average Bonchev–Trinajstić information content (AvgIpc) is 2.38. The van der Waals surface area contributed by atoms with Crippen LogP contribution in [0, 0.1) is 0 Å². The summed E-state index contributed by atoms with van der Waals surface area (Å²) in [5.74, 6) is 0. The van der Waals surface area contributed by atoms with Crippen molar-refractivity contribution in [3.8, 4) is 0 Å². The van der Waals surface area contributed by atoms with Gasteiger partial charge < -0.3 is 15.4 Å². The minimum absolute atomic E-state index is 0.0390. The summed E-state index contributed by atoms with van der Waals surface area (Å²) in [5, 5.41) is 0. The van der Waals surface area contributed by atoms with Gasteiger partial charge in [-0.15, -0.1) is 0 Å². The van der Waals surface area contributed by atoms with E-state index in [0.29, 0.717) is 6.04 Å². The molecule has 4 nitrogen and oxygen atoms in total. The summed E-state index contributed by atoms with van der Waals surface area (Å²) in [4.78, 5) is 5.15. The van der Waals surface area contributed by atoms with Crippen LogP contribution < -0.4 is 5.73 Å². The van der Waals surface area contributed by atoms with Gasteiger partial charge in [-0.05, 0) is 40.2 Å². The molecular formula is C15H31N3O. The maximum atomic E-state index is 6.20.